The van der Waals surface area contributed by atoms with Crippen molar-refractivity contribution in [2.75, 3.05) is 25.0 Å². The predicted molar refractivity (Wildman–Crippen MR) is 101 cm³/mol. The maximum atomic E-state index is 12.5. The number of pyridine rings is 1. The number of β-amino-alcohol motifs (C(OH)–C–C–N with tert-alkyl or cyclic N) is 1. The van der Waals surface area contributed by atoms with Crippen molar-refractivity contribution in [3.05, 3.63) is 29.7 Å². The van der Waals surface area contributed by atoms with E-state index in [0.29, 0.717) is 12.5 Å². The number of aromatic nitrogens is 2. The van der Waals surface area contributed by atoms with E-state index >= 15 is 0 Å². The van der Waals surface area contributed by atoms with E-state index in [1.165, 1.54) is 10.5 Å². The molecule has 1 amide bonds. The van der Waals surface area contributed by atoms with E-state index in [4.69, 9.17) is 4.98 Å². The van der Waals surface area contributed by atoms with Crippen LogP contribution in [0.15, 0.2) is 18.5 Å². The van der Waals surface area contributed by atoms with Crippen LogP contribution in [0.5, 0.6) is 0 Å². The van der Waals surface area contributed by atoms with Gasteiger partial charge in [0.25, 0.3) is 0 Å². The SMILES string of the molecule is CNCc1cn2cc(C3CC3)cc(N3CC(=O)N(CC(C)(C)O)C3O)c2n1. The maximum Gasteiger partial charge on any atom is 0.245 e. The molecule has 1 saturated heterocycles. The normalized spacial score (nSPS) is 20.9. The number of imidazole rings is 1. The number of hydrogen-bond donors (Lipinski definition) is 3. The van der Waals surface area contributed by atoms with E-state index in [9.17, 15) is 15.0 Å². The van der Waals surface area contributed by atoms with E-state index in [0.717, 1.165) is 29.9 Å². The summed E-state index contributed by atoms with van der Waals surface area (Å²) in [6, 6.07) is 2.05. The van der Waals surface area contributed by atoms with Gasteiger partial charge in [-0.1, -0.05) is 0 Å². The Balaban J connectivity index is 1.74. The fourth-order valence-corrected chi connectivity index (χ4v) is 3.68. The van der Waals surface area contributed by atoms with Gasteiger partial charge in [0.1, 0.15) is 6.54 Å². The molecule has 2 aromatic heterocycles. The van der Waals surface area contributed by atoms with Gasteiger partial charge in [0.15, 0.2) is 5.65 Å². The van der Waals surface area contributed by atoms with Crippen LogP contribution in [0.3, 0.4) is 0 Å². The fraction of sp³-hybridized carbons (Fsp3) is 0.579. The Kier molecular flexibility index (Phi) is 4.37. The van der Waals surface area contributed by atoms with Gasteiger partial charge in [0.2, 0.25) is 12.3 Å². The summed E-state index contributed by atoms with van der Waals surface area (Å²) in [6.07, 6.45) is 5.29. The third kappa shape index (κ3) is 3.52. The molecule has 2 aliphatic rings. The monoisotopic (exact) mass is 373 g/mol. The summed E-state index contributed by atoms with van der Waals surface area (Å²) in [5.74, 6) is 0.327. The first-order chi connectivity index (χ1) is 12.8. The number of hydrogen-bond acceptors (Lipinski definition) is 6. The van der Waals surface area contributed by atoms with Crippen molar-refractivity contribution < 1.29 is 15.0 Å². The number of rotatable bonds is 6. The molecule has 0 spiro atoms. The molecule has 3 heterocycles. The van der Waals surface area contributed by atoms with Gasteiger partial charge in [-0.15, -0.1) is 0 Å². The van der Waals surface area contributed by atoms with Gasteiger partial charge in [-0.2, -0.15) is 0 Å². The number of fused-ring (bicyclic) bond motifs is 1. The molecule has 1 aliphatic carbocycles. The highest BCUT2D eigenvalue weighted by Gasteiger charge is 2.40. The van der Waals surface area contributed by atoms with Gasteiger partial charge in [0, 0.05) is 18.9 Å². The molecule has 3 N–H and O–H groups in total. The molecule has 1 saturated carbocycles. The Morgan fingerprint density at radius 1 is 1.33 bits per heavy atom. The van der Waals surface area contributed by atoms with E-state index in [1.54, 1.807) is 18.7 Å². The van der Waals surface area contributed by atoms with E-state index in [2.05, 4.69) is 11.5 Å². The molecule has 0 aromatic carbocycles. The minimum atomic E-state index is -1.12. The summed E-state index contributed by atoms with van der Waals surface area (Å²) in [5.41, 5.74) is 2.50. The topological polar surface area (TPSA) is 93.3 Å². The van der Waals surface area contributed by atoms with Crippen LogP contribution in [-0.4, -0.2) is 62.5 Å². The van der Waals surface area contributed by atoms with Crippen LogP contribution in [0.2, 0.25) is 0 Å². The van der Waals surface area contributed by atoms with E-state index in [1.807, 2.05) is 23.7 Å². The standard InChI is InChI=1S/C19H27N5O3/c1-19(2,27)11-24-16(25)10-23(18(24)26)15-6-13(12-4-5-12)8-22-9-14(7-20-3)21-17(15)22/h6,8-9,12,18,20,26-27H,4-5,7,10-11H2,1-3H3. The second-order valence-corrected chi connectivity index (χ2v) is 8.23. The zero-order chi connectivity index (χ0) is 19.3. The highest BCUT2D eigenvalue weighted by molar-refractivity contribution is 5.87. The molecule has 1 atom stereocenters. The first-order valence-electron chi connectivity index (χ1n) is 9.39. The van der Waals surface area contributed by atoms with Crippen molar-refractivity contribution in [1.82, 2.24) is 19.6 Å². The number of aliphatic hydroxyl groups excluding tert-OH is 1. The molecule has 1 unspecified atom stereocenters. The average molecular weight is 373 g/mol. The maximum absolute atomic E-state index is 12.5. The second-order valence-electron chi connectivity index (χ2n) is 8.23. The number of aliphatic hydroxyl groups is 2. The van der Waals surface area contributed by atoms with Gasteiger partial charge < -0.3 is 24.8 Å². The third-order valence-electron chi connectivity index (χ3n) is 5.06. The van der Waals surface area contributed by atoms with E-state index in [-0.39, 0.29) is 19.0 Å². The van der Waals surface area contributed by atoms with Crippen LogP contribution in [0.1, 0.15) is 43.9 Å². The zero-order valence-electron chi connectivity index (χ0n) is 16.0. The summed E-state index contributed by atoms with van der Waals surface area (Å²) in [5, 5.41) is 24.0. The Morgan fingerprint density at radius 3 is 2.70 bits per heavy atom. The lowest BCUT2D eigenvalue weighted by atomic mass is 10.1. The zero-order valence-corrected chi connectivity index (χ0v) is 16.0. The Hall–Kier alpha value is -2.16. The largest absolute Gasteiger partial charge is 0.389 e. The predicted octanol–water partition coefficient (Wildman–Crippen LogP) is 0.626. The average Bonchev–Trinajstić information content (AvgIpc) is 3.30. The summed E-state index contributed by atoms with van der Waals surface area (Å²) < 4.78 is 1.99. The lowest BCUT2D eigenvalue weighted by Crippen LogP contribution is -2.46. The van der Waals surface area contributed by atoms with Crippen molar-refractivity contribution in [2.24, 2.45) is 0 Å². The molecule has 0 radical (unpaired) electrons. The number of carbonyl (C=O) groups excluding carboxylic acids is 1. The van der Waals surface area contributed by atoms with Gasteiger partial charge >= 0.3 is 0 Å². The van der Waals surface area contributed by atoms with Crippen LogP contribution in [0.4, 0.5) is 5.69 Å². The van der Waals surface area contributed by atoms with Gasteiger partial charge in [0.05, 0.1) is 23.5 Å². The van der Waals surface area contributed by atoms with Crippen molar-refractivity contribution >= 4 is 17.2 Å². The summed E-state index contributed by atoms with van der Waals surface area (Å²) in [6.45, 7) is 4.03. The Bertz CT molecular complexity index is 868. The van der Waals surface area contributed by atoms with E-state index < -0.39 is 12.0 Å². The Morgan fingerprint density at radius 2 is 2.07 bits per heavy atom. The summed E-state index contributed by atoms with van der Waals surface area (Å²) in [4.78, 5) is 20.2. The quantitative estimate of drug-likeness (QED) is 0.688. The van der Waals surface area contributed by atoms with Crippen molar-refractivity contribution in [2.45, 2.75) is 51.1 Å². The van der Waals surface area contributed by atoms with Crippen molar-refractivity contribution in [3.63, 3.8) is 0 Å². The number of carbonyl (C=O) groups is 1. The first kappa shape index (κ1) is 18.2. The fourth-order valence-electron chi connectivity index (χ4n) is 3.68. The van der Waals surface area contributed by atoms with Gasteiger partial charge in [-0.25, -0.2) is 4.98 Å². The Labute approximate surface area is 158 Å². The summed E-state index contributed by atoms with van der Waals surface area (Å²) >= 11 is 0. The molecule has 2 aromatic rings. The smallest absolute Gasteiger partial charge is 0.245 e. The van der Waals surface area contributed by atoms with Crippen molar-refractivity contribution in [3.8, 4) is 0 Å². The lowest BCUT2D eigenvalue weighted by Gasteiger charge is -2.30. The van der Waals surface area contributed by atoms with Crippen LogP contribution in [0.25, 0.3) is 5.65 Å². The molecule has 146 valence electrons. The minimum Gasteiger partial charge on any atom is -0.389 e. The van der Waals surface area contributed by atoms with Crippen molar-refractivity contribution in [1.29, 1.82) is 0 Å². The molecule has 8 heteroatoms. The number of amides is 1. The molecule has 8 nitrogen and oxygen atoms in total. The molecule has 0 bridgehead atoms. The third-order valence-corrected chi connectivity index (χ3v) is 5.06. The second kappa shape index (κ2) is 6.47. The van der Waals surface area contributed by atoms with Gasteiger partial charge in [-0.3, -0.25) is 9.69 Å². The lowest BCUT2D eigenvalue weighted by molar-refractivity contribution is -0.136. The van der Waals surface area contributed by atoms with Crippen LogP contribution in [-0.2, 0) is 11.3 Å². The number of nitrogens with one attached hydrogen (secondary N) is 1. The molecule has 4 rings (SSSR count). The van der Waals surface area contributed by atoms with Crippen LogP contribution >= 0.6 is 0 Å². The molecule has 27 heavy (non-hydrogen) atoms. The molecule has 2 fully saturated rings. The first-order valence-corrected chi connectivity index (χ1v) is 9.39. The molecular weight excluding hydrogens is 346 g/mol. The summed E-state index contributed by atoms with van der Waals surface area (Å²) in [7, 11) is 1.87. The molecular formula is C19H27N5O3. The highest BCUT2D eigenvalue weighted by atomic mass is 16.3. The van der Waals surface area contributed by atoms with Crippen LogP contribution < -0.4 is 10.2 Å². The highest BCUT2D eigenvalue weighted by Crippen LogP contribution is 2.42. The van der Waals surface area contributed by atoms with Crippen LogP contribution in [0, 0.1) is 0 Å². The molecule has 1 aliphatic heterocycles. The number of nitrogens with zero attached hydrogens (tertiary/aromatic N) is 4. The van der Waals surface area contributed by atoms with Gasteiger partial charge in [-0.05, 0) is 51.3 Å². The number of anilines is 1. The minimum absolute atomic E-state index is 0.0647.